The number of ether oxygens (including phenoxy) is 1. The standard InChI is InChI=1S/C20H31N3O4.ClH/c1-4-22(14-19(24)25)17-8-10-23(11-9-17)15(2)20(26)21-13-16-6-5-7-18(12-16)27-3;/h5-7,12,15,17H,4,8-11,13-14H2,1-3H3,(H,21,26)(H,24,25);1H. The van der Waals surface area contributed by atoms with Gasteiger partial charge in [0.25, 0.3) is 0 Å². The molecule has 2 N–H and O–H groups in total. The van der Waals surface area contributed by atoms with Crippen molar-refractivity contribution in [1.82, 2.24) is 15.1 Å². The zero-order chi connectivity index (χ0) is 19.8. The molecule has 28 heavy (non-hydrogen) atoms. The molecule has 7 nitrogen and oxygen atoms in total. The van der Waals surface area contributed by atoms with Crippen LogP contribution in [0, 0.1) is 0 Å². The van der Waals surface area contributed by atoms with Crippen LogP contribution in [0.1, 0.15) is 32.3 Å². The Labute approximate surface area is 173 Å². The number of halogens is 1. The van der Waals surface area contributed by atoms with Gasteiger partial charge in [0.1, 0.15) is 5.75 Å². The third-order valence-corrected chi connectivity index (χ3v) is 5.29. The predicted molar refractivity (Wildman–Crippen MR) is 111 cm³/mol. The highest BCUT2D eigenvalue weighted by Crippen LogP contribution is 2.18. The van der Waals surface area contributed by atoms with Gasteiger partial charge in [-0.05, 0) is 44.0 Å². The topological polar surface area (TPSA) is 82.1 Å². The third kappa shape index (κ3) is 6.96. The first-order valence-corrected chi connectivity index (χ1v) is 9.55. The van der Waals surface area contributed by atoms with Crippen molar-refractivity contribution >= 4 is 24.3 Å². The van der Waals surface area contributed by atoms with E-state index in [9.17, 15) is 9.59 Å². The lowest BCUT2D eigenvalue weighted by atomic mass is 10.0. The van der Waals surface area contributed by atoms with Crippen LogP contribution < -0.4 is 10.1 Å². The SMILES string of the molecule is CCN(CC(=O)O)C1CCN(C(C)C(=O)NCc2cccc(OC)c2)CC1.Cl. The van der Waals surface area contributed by atoms with Crippen LogP contribution in [-0.2, 0) is 16.1 Å². The first kappa shape index (κ1) is 24.2. The maximum atomic E-state index is 12.5. The Morgan fingerprint density at radius 3 is 2.61 bits per heavy atom. The summed E-state index contributed by atoms with van der Waals surface area (Å²) in [5.74, 6) is -0.00238. The molecule has 0 spiro atoms. The number of carbonyl (C=O) groups is 2. The monoisotopic (exact) mass is 413 g/mol. The van der Waals surface area contributed by atoms with Gasteiger partial charge in [0.15, 0.2) is 0 Å². The number of likely N-dealkylation sites (tertiary alicyclic amines) is 1. The van der Waals surface area contributed by atoms with E-state index in [1.807, 2.05) is 43.0 Å². The molecule has 0 aliphatic carbocycles. The van der Waals surface area contributed by atoms with Gasteiger partial charge in [-0.25, -0.2) is 0 Å². The lowest BCUT2D eigenvalue weighted by molar-refractivity contribution is -0.139. The van der Waals surface area contributed by atoms with Gasteiger partial charge < -0.3 is 15.2 Å². The second-order valence-corrected chi connectivity index (χ2v) is 6.97. The fourth-order valence-corrected chi connectivity index (χ4v) is 3.60. The van der Waals surface area contributed by atoms with Crippen LogP contribution in [0.15, 0.2) is 24.3 Å². The zero-order valence-corrected chi connectivity index (χ0v) is 17.7. The average Bonchev–Trinajstić information content (AvgIpc) is 2.69. The van der Waals surface area contributed by atoms with Crippen LogP contribution >= 0.6 is 12.4 Å². The average molecular weight is 414 g/mol. The van der Waals surface area contributed by atoms with E-state index in [1.165, 1.54) is 0 Å². The van der Waals surface area contributed by atoms with E-state index in [1.54, 1.807) is 7.11 Å². The zero-order valence-electron chi connectivity index (χ0n) is 16.9. The number of nitrogens with one attached hydrogen (secondary N) is 1. The Balaban J connectivity index is 0.00000392. The van der Waals surface area contributed by atoms with Crippen LogP contribution in [0.25, 0.3) is 0 Å². The van der Waals surface area contributed by atoms with Gasteiger partial charge in [-0.15, -0.1) is 12.4 Å². The van der Waals surface area contributed by atoms with Gasteiger partial charge in [-0.2, -0.15) is 0 Å². The van der Waals surface area contributed by atoms with Gasteiger partial charge in [0, 0.05) is 25.7 Å². The van der Waals surface area contributed by atoms with Crippen LogP contribution in [-0.4, -0.2) is 72.2 Å². The van der Waals surface area contributed by atoms with Crippen molar-refractivity contribution in [2.24, 2.45) is 0 Å². The number of nitrogens with zero attached hydrogens (tertiary/aromatic N) is 2. The lowest BCUT2D eigenvalue weighted by Gasteiger charge is -2.39. The van der Waals surface area contributed by atoms with Crippen molar-refractivity contribution in [2.45, 2.75) is 45.3 Å². The molecular formula is C20H32ClN3O4. The molecule has 1 aliphatic heterocycles. The summed E-state index contributed by atoms with van der Waals surface area (Å²) in [6.45, 7) is 6.80. The summed E-state index contributed by atoms with van der Waals surface area (Å²) < 4.78 is 5.21. The minimum atomic E-state index is -0.787. The van der Waals surface area contributed by atoms with Crippen LogP contribution in [0.4, 0.5) is 0 Å². The molecule has 1 amide bonds. The van der Waals surface area contributed by atoms with Gasteiger partial charge in [0.05, 0.1) is 19.7 Å². The molecule has 1 atom stereocenters. The van der Waals surface area contributed by atoms with Crippen molar-refractivity contribution in [3.05, 3.63) is 29.8 Å². The third-order valence-electron chi connectivity index (χ3n) is 5.29. The fraction of sp³-hybridized carbons (Fsp3) is 0.600. The molecule has 0 bridgehead atoms. The summed E-state index contributed by atoms with van der Waals surface area (Å²) in [7, 11) is 1.62. The summed E-state index contributed by atoms with van der Waals surface area (Å²) in [4.78, 5) is 27.7. The first-order valence-electron chi connectivity index (χ1n) is 9.55. The molecule has 1 aromatic carbocycles. The molecule has 1 saturated heterocycles. The van der Waals surface area contributed by atoms with Crippen molar-refractivity contribution in [3.63, 3.8) is 0 Å². The Bertz CT molecular complexity index is 636. The van der Waals surface area contributed by atoms with Crippen molar-refractivity contribution in [2.75, 3.05) is 33.3 Å². The van der Waals surface area contributed by atoms with Crippen LogP contribution in [0.3, 0.4) is 0 Å². The minimum absolute atomic E-state index is 0. The second-order valence-electron chi connectivity index (χ2n) is 6.97. The van der Waals surface area contributed by atoms with E-state index in [4.69, 9.17) is 9.84 Å². The molecule has 1 unspecified atom stereocenters. The molecule has 1 aliphatic rings. The molecular weight excluding hydrogens is 382 g/mol. The summed E-state index contributed by atoms with van der Waals surface area (Å²) in [5, 5.41) is 12.0. The summed E-state index contributed by atoms with van der Waals surface area (Å²) in [5.41, 5.74) is 1.00. The molecule has 2 rings (SSSR count). The molecule has 0 radical (unpaired) electrons. The molecule has 0 aromatic heterocycles. The van der Waals surface area contributed by atoms with Crippen molar-refractivity contribution < 1.29 is 19.4 Å². The van der Waals surface area contributed by atoms with E-state index in [0.29, 0.717) is 6.54 Å². The van der Waals surface area contributed by atoms with Gasteiger partial charge in [0.2, 0.25) is 5.91 Å². The van der Waals surface area contributed by atoms with Crippen molar-refractivity contribution in [1.29, 1.82) is 0 Å². The number of aliphatic carboxylic acids is 1. The van der Waals surface area contributed by atoms with Crippen LogP contribution in [0.5, 0.6) is 5.75 Å². The van der Waals surface area contributed by atoms with Crippen molar-refractivity contribution in [3.8, 4) is 5.75 Å². The Kier molecular flexibility index (Phi) is 10.3. The smallest absolute Gasteiger partial charge is 0.317 e. The number of benzene rings is 1. The van der Waals surface area contributed by atoms with E-state index in [2.05, 4.69) is 10.2 Å². The number of carbonyl (C=O) groups excluding carboxylic acids is 1. The first-order chi connectivity index (χ1) is 12.9. The normalized spacial score (nSPS) is 16.3. The molecule has 8 heteroatoms. The van der Waals surface area contributed by atoms with E-state index < -0.39 is 5.97 Å². The summed E-state index contributed by atoms with van der Waals surface area (Å²) in [6.07, 6.45) is 1.77. The Morgan fingerprint density at radius 1 is 1.36 bits per heavy atom. The van der Waals surface area contributed by atoms with E-state index in [-0.39, 0.29) is 36.9 Å². The number of hydrogen-bond acceptors (Lipinski definition) is 5. The minimum Gasteiger partial charge on any atom is -0.497 e. The summed E-state index contributed by atoms with van der Waals surface area (Å²) in [6, 6.07) is 7.73. The fourth-order valence-electron chi connectivity index (χ4n) is 3.60. The number of rotatable bonds is 9. The van der Waals surface area contributed by atoms with Crippen LogP contribution in [0.2, 0.25) is 0 Å². The highest BCUT2D eigenvalue weighted by atomic mass is 35.5. The van der Waals surface area contributed by atoms with Gasteiger partial charge in [-0.3, -0.25) is 19.4 Å². The van der Waals surface area contributed by atoms with Gasteiger partial charge in [-0.1, -0.05) is 19.1 Å². The second kappa shape index (κ2) is 11.9. The molecule has 1 aromatic rings. The largest absolute Gasteiger partial charge is 0.497 e. The molecule has 1 heterocycles. The number of hydrogen-bond donors (Lipinski definition) is 2. The predicted octanol–water partition coefficient (Wildman–Crippen LogP) is 1.99. The molecule has 158 valence electrons. The lowest BCUT2D eigenvalue weighted by Crippen LogP contribution is -2.52. The number of amides is 1. The van der Waals surface area contributed by atoms with E-state index in [0.717, 1.165) is 43.8 Å². The Hall–Kier alpha value is -1.83. The number of likely N-dealkylation sites (N-methyl/N-ethyl adjacent to an activating group) is 1. The maximum absolute atomic E-state index is 12.5. The maximum Gasteiger partial charge on any atom is 0.317 e. The molecule has 0 saturated carbocycles. The summed E-state index contributed by atoms with van der Waals surface area (Å²) >= 11 is 0. The Morgan fingerprint density at radius 2 is 2.04 bits per heavy atom. The van der Waals surface area contributed by atoms with Gasteiger partial charge >= 0.3 is 5.97 Å². The highest BCUT2D eigenvalue weighted by Gasteiger charge is 2.29. The number of carboxylic acids is 1. The van der Waals surface area contributed by atoms with E-state index >= 15 is 0 Å². The quantitative estimate of drug-likeness (QED) is 0.644. The number of methoxy groups -OCH3 is 1. The number of carboxylic acid groups (broad SMARTS) is 1. The molecule has 1 fully saturated rings. The highest BCUT2D eigenvalue weighted by molar-refractivity contribution is 5.85. The number of piperidine rings is 1.